The third-order valence-electron chi connectivity index (χ3n) is 4.19. The molecule has 0 radical (unpaired) electrons. The summed E-state index contributed by atoms with van der Waals surface area (Å²) >= 11 is 0. The van der Waals surface area contributed by atoms with Crippen LogP contribution < -0.4 is 5.73 Å². The summed E-state index contributed by atoms with van der Waals surface area (Å²) in [5.41, 5.74) is 9.06. The third kappa shape index (κ3) is 1.69. The van der Waals surface area contributed by atoms with Gasteiger partial charge in [0.05, 0.1) is 0 Å². The molecule has 2 N–H and O–H groups in total. The van der Waals surface area contributed by atoms with Gasteiger partial charge in [0.2, 0.25) is 0 Å². The van der Waals surface area contributed by atoms with Crippen molar-refractivity contribution >= 4 is 0 Å². The van der Waals surface area contributed by atoms with E-state index in [4.69, 9.17) is 5.73 Å². The minimum Gasteiger partial charge on any atom is -0.330 e. The largest absolute Gasteiger partial charge is 0.330 e. The summed E-state index contributed by atoms with van der Waals surface area (Å²) in [6.07, 6.45) is 3.91. The Hall–Kier alpha value is -0.820. The first-order chi connectivity index (χ1) is 7.19. The van der Waals surface area contributed by atoms with Crippen LogP contribution in [0.1, 0.15) is 37.3 Å². The van der Waals surface area contributed by atoms with E-state index in [0.717, 1.165) is 12.5 Å². The van der Waals surface area contributed by atoms with Crippen molar-refractivity contribution in [3.05, 3.63) is 35.4 Å². The van der Waals surface area contributed by atoms with E-state index in [-0.39, 0.29) is 5.41 Å². The predicted octanol–water partition coefficient (Wildman–Crippen LogP) is 3.01. The molecule has 0 aromatic heterocycles. The van der Waals surface area contributed by atoms with Gasteiger partial charge in [0.1, 0.15) is 0 Å². The maximum absolute atomic E-state index is 6.03. The van der Waals surface area contributed by atoms with E-state index < -0.39 is 0 Å². The molecule has 15 heavy (non-hydrogen) atoms. The van der Waals surface area contributed by atoms with Crippen LogP contribution in [0.25, 0.3) is 0 Å². The van der Waals surface area contributed by atoms with Crippen LogP contribution in [0, 0.1) is 12.8 Å². The second-order valence-corrected chi connectivity index (χ2v) is 5.02. The average Bonchev–Trinajstić information content (AvgIpc) is 2.62. The van der Waals surface area contributed by atoms with Gasteiger partial charge in [-0.3, -0.25) is 0 Å². The van der Waals surface area contributed by atoms with Crippen molar-refractivity contribution in [2.24, 2.45) is 11.7 Å². The van der Waals surface area contributed by atoms with E-state index in [1.807, 2.05) is 0 Å². The lowest BCUT2D eigenvalue weighted by molar-refractivity contribution is 0.346. The van der Waals surface area contributed by atoms with Crippen molar-refractivity contribution in [1.29, 1.82) is 0 Å². The van der Waals surface area contributed by atoms with E-state index in [1.165, 1.54) is 30.4 Å². The molecule has 1 aromatic carbocycles. The Bertz CT molecular complexity index is 328. The predicted molar refractivity (Wildman–Crippen MR) is 64.9 cm³/mol. The maximum atomic E-state index is 6.03. The number of aryl methyl sites for hydroxylation is 1. The maximum Gasteiger partial charge on any atom is 0.0101 e. The summed E-state index contributed by atoms with van der Waals surface area (Å²) in [6.45, 7) is 5.27. The highest BCUT2D eigenvalue weighted by Gasteiger charge is 2.40. The molecule has 0 heterocycles. The SMILES string of the molecule is Cc1ccc(C2(CN)CCCC2C)cc1. The van der Waals surface area contributed by atoms with Gasteiger partial charge >= 0.3 is 0 Å². The topological polar surface area (TPSA) is 26.0 Å². The Kier molecular flexibility index (Phi) is 2.83. The lowest BCUT2D eigenvalue weighted by atomic mass is 9.73. The molecule has 2 atom stereocenters. The molecule has 1 aliphatic carbocycles. The number of hydrogen-bond acceptors (Lipinski definition) is 1. The highest BCUT2D eigenvalue weighted by molar-refractivity contribution is 5.31. The molecule has 1 aromatic rings. The average molecular weight is 203 g/mol. The van der Waals surface area contributed by atoms with Gasteiger partial charge in [-0.25, -0.2) is 0 Å². The molecule has 1 saturated carbocycles. The second kappa shape index (κ2) is 3.97. The summed E-state index contributed by atoms with van der Waals surface area (Å²) in [5.74, 6) is 0.727. The number of benzene rings is 1. The molecular weight excluding hydrogens is 182 g/mol. The van der Waals surface area contributed by atoms with E-state index >= 15 is 0 Å². The Morgan fingerprint density at radius 3 is 2.47 bits per heavy atom. The standard InChI is InChI=1S/C14H21N/c1-11-5-7-13(8-6-11)14(10-15)9-3-4-12(14)2/h5-8,12H,3-4,9-10,15H2,1-2H3. The minimum atomic E-state index is 0.258. The zero-order valence-electron chi connectivity index (χ0n) is 9.79. The Morgan fingerprint density at radius 1 is 1.33 bits per heavy atom. The molecule has 2 unspecified atom stereocenters. The van der Waals surface area contributed by atoms with Crippen molar-refractivity contribution < 1.29 is 0 Å². The Morgan fingerprint density at radius 2 is 2.00 bits per heavy atom. The number of rotatable bonds is 2. The van der Waals surface area contributed by atoms with Crippen LogP contribution in [0.2, 0.25) is 0 Å². The van der Waals surface area contributed by atoms with Gasteiger partial charge in [-0.15, -0.1) is 0 Å². The molecule has 0 aliphatic heterocycles. The monoisotopic (exact) mass is 203 g/mol. The molecule has 0 bridgehead atoms. The van der Waals surface area contributed by atoms with Crippen LogP contribution in [0.3, 0.4) is 0 Å². The first-order valence-corrected chi connectivity index (χ1v) is 5.96. The van der Waals surface area contributed by atoms with Gasteiger partial charge in [0.15, 0.2) is 0 Å². The molecule has 0 spiro atoms. The molecular formula is C14H21N. The van der Waals surface area contributed by atoms with Gasteiger partial charge in [0.25, 0.3) is 0 Å². The lowest BCUT2D eigenvalue weighted by Gasteiger charge is -2.33. The zero-order chi connectivity index (χ0) is 10.9. The molecule has 1 heteroatoms. The van der Waals surface area contributed by atoms with E-state index in [1.54, 1.807) is 0 Å². The van der Waals surface area contributed by atoms with Gasteiger partial charge < -0.3 is 5.73 Å². The molecule has 2 rings (SSSR count). The third-order valence-corrected chi connectivity index (χ3v) is 4.19. The zero-order valence-corrected chi connectivity index (χ0v) is 9.79. The highest BCUT2D eigenvalue weighted by atomic mass is 14.6. The van der Waals surface area contributed by atoms with Crippen molar-refractivity contribution in [3.63, 3.8) is 0 Å². The van der Waals surface area contributed by atoms with Crippen molar-refractivity contribution in [2.45, 2.75) is 38.5 Å². The summed E-state index contributed by atoms with van der Waals surface area (Å²) in [4.78, 5) is 0. The normalized spacial score (nSPS) is 30.7. The van der Waals surface area contributed by atoms with Crippen LogP contribution in [0.5, 0.6) is 0 Å². The van der Waals surface area contributed by atoms with Crippen molar-refractivity contribution in [3.8, 4) is 0 Å². The van der Waals surface area contributed by atoms with Crippen molar-refractivity contribution in [1.82, 2.24) is 0 Å². The van der Waals surface area contributed by atoms with Gasteiger partial charge in [-0.05, 0) is 31.2 Å². The molecule has 1 fully saturated rings. The van der Waals surface area contributed by atoms with Gasteiger partial charge in [0, 0.05) is 12.0 Å². The molecule has 0 amide bonds. The second-order valence-electron chi connectivity index (χ2n) is 5.02. The van der Waals surface area contributed by atoms with E-state index in [9.17, 15) is 0 Å². The lowest BCUT2D eigenvalue weighted by Crippen LogP contribution is -2.37. The molecule has 0 saturated heterocycles. The van der Waals surface area contributed by atoms with Crippen LogP contribution in [-0.2, 0) is 5.41 Å². The smallest absolute Gasteiger partial charge is 0.0101 e. The fourth-order valence-corrected chi connectivity index (χ4v) is 2.98. The van der Waals surface area contributed by atoms with E-state index in [0.29, 0.717) is 0 Å². The summed E-state index contributed by atoms with van der Waals surface area (Å²) in [5, 5.41) is 0. The quantitative estimate of drug-likeness (QED) is 0.785. The van der Waals surface area contributed by atoms with Crippen LogP contribution >= 0.6 is 0 Å². The van der Waals surface area contributed by atoms with Crippen LogP contribution in [-0.4, -0.2) is 6.54 Å². The Balaban J connectivity index is 2.37. The van der Waals surface area contributed by atoms with Crippen molar-refractivity contribution in [2.75, 3.05) is 6.54 Å². The van der Waals surface area contributed by atoms with E-state index in [2.05, 4.69) is 38.1 Å². The Labute approximate surface area is 92.7 Å². The fraction of sp³-hybridized carbons (Fsp3) is 0.571. The minimum absolute atomic E-state index is 0.258. The van der Waals surface area contributed by atoms with Gasteiger partial charge in [-0.2, -0.15) is 0 Å². The highest BCUT2D eigenvalue weighted by Crippen LogP contribution is 2.44. The number of hydrogen-bond donors (Lipinski definition) is 1. The summed E-state index contributed by atoms with van der Waals surface area (Å²) < 4.78 is 0. The first kappa shape index (κ1) is 10.7. The molecule has 1 aliphatic rings. The summed E-state index contributed by atoms with van der Waals surface area (Å²) in [6, 6.07) is 8.95. The molecule has 1 nitrogen and oxygen atoms in total. The number of nitrogens with two attached hydrogens (primary N) is 1. The fourth-order valence-electron chi connectivity index (χ4n) is 2.98. The molecule has 82 valence electrons. The first-order valence-electron chi connectivity index (χ1n) is 5.96. The van der Waals surface area contributed by atoms with Crippen LogP contribution in [0.15, 0.2) is 24.3 Å². The summed E-state index contributed by atoms with van der Waals surface area (Å²) in [7, 11) is 0. The van der Waals surface area contributed by atoms with Gasteiger partial charge in [-0.1, -0.05) is 43.2 Å². The van der Waals surface area contributed by atoms with Crippen LogP contribution in [0.4, 0.5) is 0 Å².